The molecule has 0 N–H and O–H groups in total. The molecular weight excluding hydrogens is 325 g/mol. The van der Waals surface area contributed by atoms with Crippen molar-refractivity contribution in [3.05, 3.63) is 106 Å². The Labute approximate surface area is 152 Å². The summed E-state index contributed by atoms with van der Waals surface area (Å²) in [6.07, 6.45) is 0.805. The first-order valence-electron chi connectivity index (χ1n) is 8.84. The van der Waals surface area contributed by atoms with Gasteiger partial charge in [0.2, 0.25) is 0 Å². The molecule has 1 atom stereocenters. The number of aryl methyl sites for hydroxylation is 1. The zero-order chi connectivity index (χ0) is 18.1. The summed E-state index contributed by atoms with van der Waals surface area (Å²) in [6.45, 7) is 2.67. The largest absolute Gasteiger partial charge is 0.327 e. The molecule has 3 aromatic carbocycles. The molecule has 26 heavy (non-hydrogen) atoms. The molecule has 0 radical (unpaired) electrons. The number of fused-ring (bicyclic) bond motifs is 1. The second-order valence-electron chi connectivity index (χ2n) is 6.77. The number of benzene rings is 3. The Kier molecular flexibility index (Phi) is 4.29. The molecule has 1 unspecified atom stereocenters. The van der Waals surface area contributed by atoms with Crippen LogP contribution in [0.1, 0.15) is 38.7 Å². The third-order valence-electron chi connectivity index (χ3n) is 5.01. The fraction of sp³-hybridized carbons (Fsp3) is 0.174. The molecular formula is C23H20FNO. The monoisotopic (exact) mass is 345 g/mol. The first-order chi connectivity index (χ1) is 12.6. The molecule has 0 aromatic heterocycles. The van der Waals surface area contributed by atoms with E-state index in [1.54, 1.807) is 12.1 Å². The van der Waals surface area contributed by atoms with E-state index >= 15 is 0 Å². The molecule has 0 spiro atoms. The van der Waals surface area contributed by atoms with E-state index in [2.05, 4.69) is 36.4 Å². The molecule has 0 bridgehead atoms. The van der Waals surface area contributed by atoms with Crippen LogP contribution in [0.3, 0.4) is 0 Å². The zero-order valence-corrected chi connectivity index (χ0v) is 14.7. The van der Waals surface area contributed by atoms with Crippen LogP contribution in [0.4, 0.5) is 4.39 Å². The Morgan fingerprint density at radius 3 is 2.54 bits per heavy atom. The molecule has 1 amide bonds. The van der Waals surface area contributed by atoms with E-state index in [9.17, 15) is 9.18 Å². The van der Waals surface area contributed by atoms with E-state index in [1.807, 2.05) is 24.0 Å². The van der Waals surface area contributed by atoms with Crippen LogP contribution in [0.15, 0.2) is 72.8 Å². The molecule has 1 aliphatic heterocycles. The number of nitrogens with zero attached hydrogens (tertiary/aromatic N) is 1. The van der Waals surface area contributed by atoms with Gasteiger partial charge in [-0.15, -0.1) is 0 Å². The van der Waals surface area contributed by atoms with Crippen molar-refractivity contribution >= 4 is 5.91 Å². The molecule has 0 fully saturated rings. The van der Waals surface area contributed by atoms with Crippen LogP contribution in [0.5, 0.6) is 0 Å². The van der Waals surface area contributed by atoms with Crippen molar-refractivity contribution in [3.63, 3.8) is 0 Å². The van der Waals surface area contributed by atoms with E-state index < -0.39 is 0 Å². The van der Waals surface area contributed by atoms with Gasteiger partial charge in [0, 0.05) is 12.1 Å². The number of amides is 1. The Hall–Kier alpha value is -2.94. The highest BCUT2D eigenvalue weighted by Crippen LogP contribution is 2.36. The van der Waals surface area contributed by atoms with Gasteiger partial charge in [-0.2, -0.15) is 0 Å². The van der Waals surface area contributed by atoms with Gasteiger partial charge in [-0.3, -0.25) is 4.79 Å². The first-order valence-corrected chi connectivity index (χ1v) is 8.84. The number of hydrogen-bond donors (Lipinski definition) is 0. The molecule has 0 saturated carbocycles. The summed E-state index contributed by atoms with van der Waals surface area (Å²) in [4.78, 5) is 15.0. The van der Waals surface area contributed by atoms with Gasteiger partial charge in [0.05, 0.1) is 6.04 Å². The Balaban J connectivity index is 1.80. The second kappa shape index (κ2) is 6.75. The molecule has 3 aromatic rings. The number of rotatable bonds is 2. The van der Waals surface area contributed by atoms with Crippen LogP contribution in [0, 0.1) is 12.7 Å². The summed E-state index contributed by atoms with van der Waals surface area (Å²) < 4.78 is 13.6. The molecule has 2 nitrogen and oxygen atoms in total. The van der Waals surface area contributed by atoms with Crippen molar-refractivity contribution in [3.8, 4) is 0 Å². The maximum absolute atomic E-state index is 13.6. The summed E-state index contributed by atoms with van der Waals surface area (Å²) >= 11 is 0. The van der Waals surface area contributed by atoms with Gasteiger partial charge < -0.3 is 4.90 Å². The Bertz CT molecular complexity index is 948. The lowest BCUT2D eigenvalue weighted by Gasteiger charge is -2.38. The van der Waals surface area contributed by atoms with E-state index in [1.165, 1.54) is 23.3 Å². The molecule has 0 aliphatic carbocycles. The van der Waals surface area contributed by atoms with Crippen LogP contribution < -0.4 is 0 Å². The fourth-order valence-corrected chi connectivity index (χ4v) is 3.68. The topological polar surface area (TPSA) is 20.3 Å². The van der Waals surface area contributed by atoms with Crippen molar-refractivity contribution in [2.75, 3.05) is 6.54 Å². The minimum absolute atomic E-state index is 0.135. The highest BCUT2D eigenvalue weighted by molar-refractivity contribution is 5.95. The normalized spacial score (nSPS) is 16.2. The second-order valence-corrected chi connectivity index (χ2v) is 6.77. The van der Waals surface area contributed by atoms with E-state index in [0.717, 1.165) is 17.5 Å². The van der Waals surface area contributed by atoms with Crippen molar-refractivity contribution in [2.45, 2.75) is 19.4 Å². The minimum Gasteiger partial charge on any atom is -0.327 e. The Morgan fingerprint density at radius 1 is 1.00 bits per heavy atom. The predicted molar refractivity (Wildman–Crippen MR) is 101 cm³/mol. The lowest BCUT2D eigenvalue weighted by Crippen LogP contribution is -2.40. The number of carbonyl (C=O) groups is 1. The first kappa shape index (κ1) is 16.5. The van der Waals surface area contributed by atoms with Crippen molar-refractivity contribution in [1.82, 2.24) is 4.90 Å². The van der Waals surface area contributed by atoms with Crippen molar-refractivity contribution in [2.24, 2.45) is 0 Å². The summed E-state index contributed by atoms with van der Waals surface area (Å²) in [5.74, 6) is -0.523. The SMILES string of the molecule is Cc1ccc(C2c3ccccc3CCN2C(=O)c2cccc(F)c2)cc1. The van der Waals surface area contributed by atoms with Gasteiger partial charge in [0.15, 0.2) is 0 Å². The van der Waals surface area contributed by atoms with Crippen LogP contribution in [0.2, 0.25) is 0 Å². The van der Waals surface area contributed by atoms with Crippen LogP contribution in [-0.4, -0.2) is 17.4 Å². The van der Waals surface area contributed by atoms with Crippen molar-refractivity contribution < 1.29 is 9.18 Å². The van der Waals surface area contributed by atoms with Gasteiger partial charge in [0.25, 0.3) is 5.91 Å². The number of carbonyl (C=O) groups excluding carboxylic acids is 1. The minimum atomic E-state index is -0.389. The van der Waals surface area contributed by atoms with Gasteiger partial charge in [-0.05, 0) is 48.2 Å². The standard InChI is InChI=1S/C23H20FNO/c1-16-9-11-18(12-10-16)22-21-8-3-2-5-17(21)13-14-25(22)23(26)19-6-4-7-20(24)15-19/h2-12,15,22H,13-14H2,1H3. The Morgan fingerprint density at radius 2 is 1.77 bits per heavy atom. The number of halogens is 1. The van der Waals surface area contributed by atoms with Crippen LogP contribution in [-0.2, 0) is 6.42 Å². The third-order valence-corrected chi connectivity index (χ3v) is 5.01. The smallest absolute Gasteiger partial charge is 0.254 e. The van der Waals surface area contributed by atoms with Crippen LogP contribution >= 0.6 is 0 Å². The van der Waals surface area contributed by atoms with E-state index in [-0.39, 0.29) is 17.8 Å². The zero-order valence-electron chi connectivity index (χ0n) is 14.7. The van der Waals surface area contributed by atoms with Gasteiger partial charge in [-0.25, -0.2) is 4.39 Å². The quantitative estimate of drug-likeness (QED) is 0.645. The van der Waals surface area contributed by atoms with E-state index in [4.69, 9.17) is 0 Å². The highest BCUT2D eigenvalue weighted by Gasteiger charge is 2.32. The maximum atomic E-state index is 13.6. The third kappa shape index (κ3) is 3.01. The molecule has 4 rings (SSSR count). The highest BCUT2D eigenvalue weighted by atomic mass is 19.1. The summed E-state index contributed by atoms with van der Waals surface area (Å²) in [7, 11) is 0. The molecule has 1 heterocycles. The summed E-state index contributed by atoms with van der Waals surface area (Å²) in [5, 5.41) is 0. The fourth-order valence-electron chi connectivity index (χ4n) is 3.68. The average Bonchev–Trinajstić information content (AvgIpc) is 2.67. The average molecular weight is 345 g/mol. The molecule has 130 valence electrons. The predicted octanol–water partition coefficient (Wildman–Crippen LogP) is 4.92. The lowest BCUT2D eigenvalue weighted by atomic mass is 9.87. The molecule has 1 aliphatic rings. The van der Waals surface area contributed by atoms with Gasteiger partial charge >= 0.3 is 0 Å². The number of hydrogen-bond acceptors (Lipinski definition) is 1. The summed E-state index contributed by atoms with van der Waals surface area (Å²) in [5.41, 5.74) is 5.06. The van der Waals surface area contributed by atoms with Gasteiger partial charge in [0.1, 0.15) is 5.82 Å². The maximum Gasteiger partial charge on any atom is 0.254 e. The lowest BCUT2D eigenvalue weighted by molar-refractivity contribution is 0.0694. The van der Waals surface area contributed by atoms with Gasteiger partial charge in [-0.1, -0.05) is 60.2 Å². The molecule has 0 saturated heterocycles. The summed E-state index contributed by atoms with van der Waals surface area (Å²) in [6, 6.07) is 22.3. The van der Waals surface area contributed by atoms with Crippen molar-refractivity contribution in [1.29, 1.82) is 0 Å². The van der Waals surface area contributed by atoms with E-state index in [0.29, 0.717) is 12.1 Å². The molecule has 3 heteroatoms. The van der Waals surface area contributed by atoms with Crippen LogP contribution in [0.25, 0.3) is 0 Å².